The Bertz CT molecular complexity index is 425. The molecule has 1 aliphatic rings. The highest BCUT2D eigenvalue weighted by molar-refractivity contribution is 5.41. The lowest BCUT2D eigenvalue weighted by Crippen LogP contribution is -2.44. The lowest BCUT2D eigenvalue weighted by atomic mass is 9.95. The van der Waals surface area contributed by atoms with Crippen molar-refractivity contribution in [3.8, 4) is 5.75 Å². The van der Waals surface area contributed by atoms with E-state index in [9.17, 15) is 0 Å². The molecule has 0 aliphatic carbocycles. The van der Waals surface area contributed by atoms with Gasteiger partial charge in [-0.1, -0.05) is 19.9 Å². The second-order valence-electron chi connectivity index (χ2n) is 5.12. The van der Waals surface area contributed by atoms with Gasteiger partial charge in [-0.05, 0) is 30.0 Å². The maximum Gasteiger partial charge on any atom is 0.211 e. The molecule has 1 fully saturated rings. The number of hydrogen-bond acceptors (Lipinski definition) is 4. The monoisotopic (exact) mass is 265 g/mol. The van der Waals surface area contributed by atoms with Crippen LogP contribution in [0.15, 0.2) is 18.2 Å². The molecule has 0 saturated carbocycles. The van der Waals surface area contributed by atoms with E-state index >= 15 is 0 Å². The van der Waals surface area contributed by atoms with Gasteiger partial charge in [0.25, 0.3) is 0 Å². The lowest BCUT2D eigenvalue weighted by molar-refractivity contribution is -0.270. The van der Waals surface area contributed by atoms with E-state index in [-0.39, 0.29) is 6.54 Å². The summed E-state index contributed by atoms with van der Waals surface area (Å²) >= 11 is 0. The van der Waals surface area contributed by atoms with Crippen molar-refractivity contribution >= 4 is 0 Å². The molecule has 0 amide bonds. The van der Waals surface area contributed by atoms with Gasteiger partial charge in [-0.15, -0.1) is 0 Å². The van der Waals surface area contributed by atoms with Gasteiger partial charge in [-0.2, -0.15) is 0 Å². The molecule has 2 N–H and O–H groups in total. The second-order valence-corrected chi connectivity index (χ2v) is 5.12. The van der Waals surface area contributed by atoms with E-state index in [1.54, 1.807) is 7.11 Å². The zero-order valence-corrected chi connectivity index (χ0v) is 11.9. The van der Waals surface area contributed by atoms with Crippen LogP contribution < -0.4 is 10.5 Å². The van der Waals surface area contributed by atoms with Gasteiger partial charge >= 0.3 is 0 Å². The fourth-order valence-corrected chi connectivity index (χ4v) is 2.34. The van der Waals surface area contributed by atoms with Gasteiger partial charge in [0.15, 0.2) is 0 Å². The van der Waals surface area contributed by atoms with Crippen LogP contribution in [0.25, 0.3) is 0 Å². The molecule has 19 heavy (non-hydrogen) atoms. The first-order chi connectivity index (χ1) is 9.13. The first-order valence-corrected chi connectivity index (χ1v) is 6.79. The lowest BCUT2D eigenvalue weighted by Gasteiger charge is -2.37. The summed E-state index contributed by atoms with van der Waals surface area (Å²) in [5.41, 5.74) is 8.03. The van der Waals surface area contributed by atoms with Crippen molar-refractivity contribution in [1.29, 1.82) is 0 Å². The van der Waals surface area contributed by atoms with Gasteiger partial charge in [0, 0.05) is 0 Å². The molecule has 0 unspecified atom stereocenters. The van der Waals surface area contributed by atoms with Crippen LogP contribution in [0.1, 0.15) is 37.3 Å². The van der Waals surface area contributed by atoms with Crippen LogP contribution in [-0.2, 0) is 15.3 Å². The Morgan fingerprint density at radius 3 is 2.53 bits per heavy atom. The summed E-state index contributed by atoms with van der Waals surface area (Å²) < 4.78 is 17.1. The predicted octanol–water partition coefficient (Wildman–Crippen LogP) is 2.37. The summed E-state index contributed by atoms with van der Waals surface area (Å²) in [6, 6.07) is 6.12. The van der Waals surface area contributed by atoms with Crippen LogP contribution >= 0.6 is 0 Å². The highest BCUT2D eigenvalue weighted by Crippen LogP contribution is 2.37. The van der Waals surface area contributed by atoms with Crippen molar-refractivity contribution < 1.29 is 14.2 Å². The maximum atomic E-state index is 5.91. The standard InChI is InChI=1S/C15H23NO3/c1-11(2)12-5-6-14(17-3)13(9-12)15(10-16)18-7-4-8-19-15/h5-6,9,11H,4,7-8,10,16H2,1-3H3. The van der Waals surface area contributed by atoms with Crippen LogP contribution in [0.5, 0.6) is 5.75 Å². The van der Waals surface area contributed by atoms with Crippen molar-refractivity contribution in [2.45, 2.75) is 32.0 Å². The molecule has 0 bridgehead atoms. The zero-order chi connectivity index (χ0) is 13.9. The van der Waals surface area contributed by atoms with E-state index in [0.717, 1.165) is 17.7 Å². The SMILES string of the molecule is COc1ccc(C(C)C)cc1C1(CN)OCCCO1. The molecule has 1 heterocycles. The molecule has 1 aromatic rings. The molecule has 2 rings (SSSR count). The Morgan fingerprint density at radius 1 is 1.32 bits per heavy atom. The minimum atomic E-state index is -0.867. The second kappa shape index (κ2) is 5.90. The van der Waals surface area contributed by atoms with Crippen LogP contribution in [0.3, 0.4) is 0 Å². The maximum absolute atomic E-state index is 5.91. The van der Waals surface area contributed by atoms with Gasteiger partial charge < -0.3 is 19.9 Å². The smallest absolute Gasteiger partial charge is 0.211 e. The fourth-order valence-electron chi connectivity index (χ4n) is 2.34. The quantitative estimate of drug-likeness (QED) is 0.908. The van der Waals surface area contributed by atoms with Gasteiger partial charge in [-0.3, -0.25) is 0 Å². The molecule has 1 saturated heterocycles. The summed E-state index contributed by atoms with van der Waals surface area (Å²) in [6.45, 7) is 5.91. The van der Waals surface area contributed by atoms with E-state index in [2.05, 4.69) is 26.0 Å². The number of hydrogen-bond donors (Lipinski definition) is 1. The minimum Gasteiger partial charge on any atom is -0.496 e. The molecule has 0 atom stereocenters. The van der Waals surface area contributed by atoms with E-state index in [0.29, 0.717) is 19.1 Å². The Kier molecular flexibility index (Phi) is 4.45. The van der Waals surface area contributed by atoms with E-state index in [4.69, 9.17) is 19.9 Å². The molecule has 106 valence electrons. The Balaban J connectivity index is 2.47. The summed E-state index contributed by atoms with van der Waals surface area (Å²) in [5.74, 6) is 0.328. The first-order valence-electron chi connectivity index (χ1n) is 6.79. The topological polar surface area (TPSA) is 53.7 Å². The summed E-state index contributed by atoms with van der Waals surface area (Å²) in [4.78, 5) is 0. The van der Waals surface area contributed by atoms with Gasteiger partial charge in [0.05, 0.1) is 32.4 Å². The van der Waals surface area contributed by atoms with Gasteiger partial charge in [0.2, 0.25) is 5.79 Å². The number of nitrogens with two attached hydrogens (primary N) is 1. The average Bonchev–Trinajstić information content (AvgIpc) is 2.47. The zero-order valence-electron chi connectivity index (χ0n) is 11.9. The molecule has 4 heteroatoms. The van der Waals surface area contributed by atoms with Crippen molar-refractivity contribution in [3.63, 3.8) is 0 Å². The van der Waals surface area contributed by atoms with Crippen LogP contribution in [0.4, 0.5) is 0 Å². The number of methoxy groups -OCH3 is 1. The molecular formula is C15H23NO3. The summed E-state index contributed by atoms with van der Waals surface area (Å²) in [5, 5.41) is 0. The number of rotatable bonds is 4. The fraction of sp³-hybridized carbons (Fsp3) is 0.600. The number of ether oxygens (including phenoxy) is 3. The minimum absolute atomic E-state index is 0.283. The third kappa shape index (κ3) is 2.76. The van der Waals surface area contributed by atoms with Crippen molar-refractivity contribution in [3.05, 3.63) is 29.3 Å². The summed E-state index contributed by atoms with van der Waals surface area (Å²) in [7, 11) is 1.65. The molecule has 0 aromatic heterocycles. The average molecular weight is 265 g/mol. The first kappa shape index (κ1) is 14.3. The Labute approximate surface area is 114 Å². The van der Waals surface area contributed by atoms with Crippen LogP contribution in [-0.4, -0.2) is 26.9 Å². The number of benzene rings is 1. The van der Waals surface area contributed by atoms with Crippen molar-refractivity contribution in [2.24, 2.45) is 5.73 Å². The highest BCUT2D eigenvalue weighted by Gasteiger charge is 2.38. The predicted molar refractivity (Wildman–Crippen MR) is 74.3 cm³/mol. The molecule has 0 spiro atoms. The normalized spacial score (nSPS) is 18.6. The molecular weight excluding hydrogens is 242 g/mol. The summed E-state index contributed by atoms with van der Waals surface area (Å²) in [6.07, 6.45) is 0.897. The molecule has 1 aromatic carbocycles. The third-order valence-electron chi connectivity index (χ3n) is 3.53. The van der Waals surface area contributed by atoms with Crippen LogP contribution in [0.2, 0.25) is 0 Å². The Morgan fingerprint density at radius 2 is 2.00 bits per heavy atom. The van der Waals surface area contributed by atoms with Gasteiger partial charge in [0.1, 0.15) is 5.75 Å². The van der Waals surface area contributed by atoms with E-state index < -0.39 is 5.79 Å². The van der Waals surface area contributed by atoms with Crippen LogP contribution in [0, 0.1) is 0 Å². The van der Waals surface area contributed by atoms with E-state index in [1.165, 1.54) is 5.56 Å². The largest absolute Gasteiger partial charge is 0.496 e. The highest BCUT2D eigenvalue weighted by atomic mass is 16.7. The van der Waals surface area contributed by atoms with Gasteiger partial charge in [-0.25, -0.2) is 0 Å². The molecule has 0 radical (unpaired) electrons. The molecule has 4 nitrogen and oxygen atoms in total. The van der Waals surface area contributed by atoms with Crippen molar-refractivity contribution in [2.75, 3.05) is 26.9 Å². The van der Waals surface area contributed by atoms with E-state index in [1.807, 2.05) is 6.07 Å². The molecule has 1 aliphatic heterocycles. The third-order valence-corrected chi connectivity index (χ3v) is 3.53. The van der Waals surface area contributed by atoms with Crippen molar-refractivity contribution in [1.82, 2.24) is 0 Å². The Hall–Kier alpha value is -1.10.